The van der Waals surface area contributed by atoms with Gasteiger partial charge < -0.3 is 9.47 Å². The van der Waals surface area contributed by atoms with Crippen LogP contribution in [0.4, 0.5) is 0 Å². The van der Waals surface area contributed by atoms with Crippen LogP contribution >= 0.6 is 0 Å². The molecule has 19 heavy (non-hydrogen) atoms. The lowest BCUT2D eigenvalue weighted by atomic mass is 10.2. The zero-order valence-corrected chi connectivity index (χ0v) is 12.1. The normalized spacial score (nSPS) is 11.4. The van der Waals surface area contributed by atoms with Crippen LogP contribution in [0.2, 0.25) is 0 Å². The Bertz CT molecular complexity index is 601. The van der Waals surface area contributed by atoms with E-state index in [1.54, 1.807) is 6.92 Å². The minimum Gasteiger partial charge on any atom is -0.331 e. The summed E-state index contributed by atoms with van der Waals surface area (Å²) >= 11 is 0. The van der Waals surface area contributed by atoms with E-state index in [0.29, 0.717) is 6.42 Å². The van der Waals surface area contributed by atoms with Crippen LogP contribution < -0.4 is 0 Å². The molecule has 0 radical (unpaired) electrons. The van der Waals surface area contributed by atoms with Crippen molar-refractivity contribution >= 4 is 16.8 Å². The number of hydrogen-bond acceptors (Lipinski definition) is 3. The van der Waals surface area contributed by atoms with Crippen LogP contribution in [0.25, 0.3) is 11.0 Å². The number of aryl methyl sites for hydroxylation is 2. The molecule has 0 aliphatic rings. The second-order valence-corrected chi connectivity index (χ2v) is 5.23. The topological polar surface area (TPSA) is 38.1 Å². The Morgan fingerprint density at radius 2 is 2.16 bits per heavy atom. The molecule has 1 aromatic heterocycles. The molecule has 0 bridgehead atoms. The minimum atomic E-state index is 0.239. The van der Waals surface area contributed by atoms with E-state index in [0.717, 1.165) is 29.9 Å². The van der Waals surface area contributed by atoms with Crippen LogP contribution in [0.3, 0.4) is 0 Å². The summed E-state index contributed by atoms with van der Waals surface area (Å²) in [7, 11) is 4.07. The molecule has 0 amide bonds. The summed E-state index contributed by atoms with van der Waals surface area (Å²) in [6, 6.07) is 6.38. The van der Waals surface area contributed by atoms with Crippen molar-refractivity contribution in [3.05, 3.63) is 29.6 Å². The van der Waals surface area contributed by atoms with Crippen LogP contribution in [0, 0.1) is 6.92 Å². The van der Waals surface area contributed by atoms with E-state index in [4.69, 9.17) is 0 Å². The lowest BCUT2D eigenvalue weighted by Gasteiger charge is -2.15. The maximum atomic E-state index is 11.0. The number of imidazole rings is 1. The second kappa shape index (κ2) is 5.53. The van der Waals surface area contributed by atoms with Crippen molar-refractivity contribution in [1.29, 1.82) is 0 Å². The maximum absolute atomic E-state index is 11.0. The zero-order valence-electron chi connectivity index (χ0n) is 12.1. The predicted octanol–water partition coefficient (Wildman–Crippen LogP) is 2.29. The number of carbonyl (C=O) groups is 1. The largest absolute Gasteiger partial charge is 0.331 e. The van der Waals surface area contributed by atoms with Crippen LogP contribution in [0.15, 0.2) is 18.2 Å². The number of Topliss-reactive ketones (excluding diaryl/α,β-unsaturated/α-hetero) is 1. The number of aromatic nitrogens is 2. The Kier molecular flexibility index (Phi) is 4.00. The van der Waals surface area contributed by atoms with Gasteiger partial charge in [-0.1, -0.05) is 6.07 Å². The smallest absolute Gasteiger partial charge is 0.131 e. The van der Waals surface area contributed by atoms with Crippen molar-refractivity contribution in [3.8, 4) is 0 Å². The molecule has 0 fully saturated rings. The Morgan fingerprint density at radius 3 is 2.84 bits per heavy atom. The van der Waals surface area contributed by atoms with E-state index in [2.05, 4.69) is 32.7 Å². The molecule has 0 atom stereocenters. The van der Waals surface area contributed by atoms with E-state index in [1.807, 2.05) is 21.0 Å². The lowest BCUT2D eigenvalue weighted by molar-refractivity contribution is -0.117. The van der Waals surface area contributed by atoms with Gasteiger partial charge in [-0.3, -0.25) is 4.79 Å². The highest BCUT2D eigenvalue weighted by atomic mass is 16.1. The first-order valence-electron chi connectivity index (χ1n) is 6.57. The summed E-state index contributed by atoms with van der Waals surface area (Å²) in [5, 5.41) is 0. The summed E-state index contributed by atoms with van der Waals surface area (Å²) in [5.41, 5.74) is 3.43. The summed E-state index contributed by atoms with van der Waals surface area (Å²) in [4.78, 5) is 17.7. The molecule has 2 aromatic rings. The van der Waals surface area contributed by atoms with Gasteiger partial charge in [0.25, 0.3) is 0 Å². The third-order valence-corrected chi connectivity index (χ3v) is 3.47. The fourth-order valence-corrected chi connectivity index (χ4v) is 2.20. The quantitative estimate of drug-likeness (QED) is 0.827. The van der Waals surface area contributed by atoms with E-state index in [1.165, 1.54) is 5.56 Å². The maximum Gasteiger partial charge on any atom is 0.131 e. The first kappa shape index (κ1) is 13.7. The third kappa shape index (κ3) is 3.20. The number of benzene rings is 1. The standard InChI is InChI=1S/C15H21N3O/c1-11(19)7-8-17(3)10-13-5-6-15-14(9-13)16-12(2)18(15)4/h5-6,9H,7-8,10H2,1-4H3. The molecule has 2 rings (SSSR count). The molecule has 0 unspecified atom stereocenters. The molecule has 102 valence electrons. The molecule has 0 saturated carbocycles. The molecule has 0 aliphatic heterocycles. The van der Waals surface area contributed by atoms with Gasteiger partial charge in [-0.05, 0) is 38.6 Å². The fraction of sp³-hybridized carbons (Fsp3) is 0.467. The van der Waals surface area contributed by atoms with Gasteiger partial charge in [0.2, 0.25) is 0 Å². The van der Waals surface area contributed by atoms with Gasteiger partial charge in [-0.15, -0.1) is 0 Å². The van der Waals surface area contributed by atoms with Gasteiger partial charge in [0, 0.05) is 26.6 Å². The molecule has 0 saturated heterocycles. The first-order valence-corrected chi connectivity index (χ1v) is 6.57. The van der Waals surface area contributed by atoms with E-state index in [9.17, 15) is 4.79 Å². The van der Waals surface area contributed by atoms with Crippen LogP contribution in [-0.2, 0) is 18.4 Å². The molecular formula is C15H21N3O. The molecular weight excluding hydrogens is 238 g/mol. The van der Waals surface area contributed by atoms with Crippen molar-refractivity contribution in [2.75, 3.05) is 13.6 Å². The third-order valence-electron chi connectivity index (χ3n) is 3.47. The molecule has 0 N–H and O–H groups in total. The summed E-state index contributed by atoms with van der Waals surface area (Å²) in [5.74, 6) is 1.26. The molecule has 4 heteroatoms. The number of ketones is 1. The second-order valence-electron chi connectivity index (χ2n) is 5.23. The lowest BCUT2D eigenvalue weighted by Crippen LogP contribution is -2.20. The van der Waals surface area contributed by atoms with Gasteiger partial charge in [0.1, 0.15) is 11.6 Å². The molecule has 0 spiro atoms. The van der Waals surface area contributed by atoms with Crippen molar-refractivity contribution in [2.24, 2.45) is 7.05 Å². The number of hydrogen-bond donors (Lipinski definition) is 0. The number of nitrogens with zero attached hydrogens (tertiary/aromatic N) is 3. The number of fused-ring (bicyclic) bond motifs is 1. The number of rotatable bonds is 5. The van der Waals surface area contributed by atoms with Crippen LogP contribution in [0.1, 0.15) is 24.7 Å². The highest BCUT2D eigenvalue weighted by molar-refractivity contribution is 5.77. The van der Waals surface area contributed by atoms with Gasteiger partial charge in [0.05, 0.1) is 11.0 Å². The molecule has 0 aliphatic carbocycles. The molecule has 4 nitrogen and oxygen atoms in total. The average Bonchev–Trinajstić information content (AvgIpc) is 2.62. The Labute approximate surface area is 114 Å². The van der Waals surface area contributed by atoms with Crippen molar-refractivity contribution in [2.45, 2.75) is 26.8 Å². The van der Waals surface area contributed by atoms with Crippen LogP contribution in [0.5, 0.6) is 0 Å². The van der Waals surface area contributed by atoms with Crippen LogP contribution in [-0.4, -0.2) is 33.8 Å². The highest BCUT2D eigenvalue weighted by Gasteiger charge is 2.07. The zero-order chi connectivity index (χ0) is 14.0. The summed E-state index contributed by atoms with van der Waals surface area (Å²) in [6.45, 7) is 5.29. The average molecular weight is 259 g/mol. The van der Waals surface area contributed by atoms with E-state index >= 15 is 0 Å². The van der Waals surface area contributed by atoms with Gasteiger partial charge in [-0.25, -0.2) is 4.98 Å². The summed E-state index contributed by atoms with van der Waals surface area (Å²) in [6.07, 6.45) is 0.613. The first-order chi connectivity index (χ1) is 8.97. The minimum absolute atomic E-state index is 0.239. The van der Waals surface area contributed by atoms with E-state index in [-0.39, 0.29) is 5.78 Å². The SMILES string of the molecule is CC(=O)CCN(C)Cc1ccc2c(c1)nc(C)n2C. The van der Waals surface area contributed by atoms with Gasteiger partial charge >= 0.3 is 0 Å². The Hall–Kier alpha value is -1.68. The van der Waals surface area contributed by atoms with Crippen molar-refractivity contribution in [3.63, 3.8) is 0 Å². The van der Waals surface area contributed by atoms with Crippen molar-refractivity contribution < 1.29 is 4.79 Å². The molecule has 1 heterocycles. The van der Waals surface area contributed by atoms with E-state index < -0.39 is 0 Å². The predicted molar refractivity (Wildman–Crippen MR) is 77.1 cm³/mol. The fourth-order valence-electron chi connectivity index (χ4n) is 2.20. The van der Waals surface area contributed by atoms with Gasteiger partial charge in [-0.2, -0.15) is 0 Å². The Balaban J connectivity index is 2.11. The van der Waals surface area contributed by atoms with Crippen molar-refractivity contribution in [1.82, 2.24) is 14.5 Å². The summed E-state index contributed by atoms with van der Waals surface area (Å²) < 4.78 is 2.10. The number of carbonyl (C=O) groups excluding carboxylic acids is 1. The highest BCUT2D eigenvalue weighted by Crippen LogP contribution is 2.17. The Morgan fingerprint density at radius 1 is 1.42 bits per heavy atom. The van der Waals surface area contributed by atoms with Gasteiger partial charge in [0.15, 0.2) is 0 Å². The molecule has 1 aromatic carbocycles. The monoisotopic (exact) mass is 259 g/mol.